The van der Waals surface area contributed by atoms with Crippen LogP contribution < -0.4 is 10.5 Å². The van der Waals surface area contributed by atoms with Crippen LogP contribution >= 0.6 is 15.9 Å². The smallest absolute Gasteiger partial charge is 0.122 e. The Morgan fingerprint density at radius 2 is 1.94 bits per heavy atom. The second kappa shape index (κ2) is 6.41. The zero-order valence-corrected chi connectivity index (χ0v) is 12.5. The molecule has 0 unspecified atom stereocenters. The topological polar surface area (TPSA) is 35.2 Å². The van der Waals surface area contributed by atoms with Gasteiger partial charge in [-0.2, -0.15) is 0 Å². The van der Waals surface area contributed by atoms with Crippen molar-refractivity contribution >= 4 is 15.9 Å². The monoisotopic (exact) mass is 299 g/mol. The van der Waals surface area contributed by atoms with Gasteiger partial charge in [-0.25, -0.2) is 0 Å². The third-order valence-corrected chi connectivity index (χ3v) is 4.23. The van der Waals surface area contributed by atoms with Crippen molar-refractivity contribution in [1.82, 2.24) is 0 Å². The lowest BCUT2D eigenvalue weighted by atomic mass is 9.77. The van der Waals surface area contributed by atoms with Crippen LogP contribution in [0.15, 0.2) is 22.7 Å². The Bertz CT molecular complexity index is 353. The number of hydrogen-bond donors (Lipinski definition) is 1. The first kappa shape index (κ1) is 14.5. The first-order valence-electron chi connectivity index (χ1n) is 6.13. The summed E-state index contributed by atoms with van der Waals surface area (Å²) in [6, 6.07) is 6.14. The number of rotatable bonds is 6. The number of nitrogens with two attached hydrogens (primary N) is 1. The zero-order chi connectivity index (χ0) is 12.9. The minimum atomic E-state index is 0.189. The average molecular weight is 300 g/mol. The molecule has 2 nitrogen and oxygen atoms in total. The lowest BCUT2D eigenvalue weighted by Crippen LogP contribution is -2.31. The van der Waals surface area contributed by atoms with Gasteiger partial charge in [0.2, 0.25) is 0 Å². The molecule has 0 aliphatic carbocycles. The number of benzene rings is 1. The summed E-state index contributed by atoms with van der Waals surface area (Å²) >= 11 is 3.51. The summed E-state index contributed by atoms with van der Waals surface area (Å²) in [6.45, 7) is 5.14. The van der Waals surface area contributed by atoms with Crippen molar-refractivity contribution in [3.63, 3.8) is 0 Å². The van der Waals surface area contributed by atoms with E-state index in [0.717, 1.165) is 36.0 Å². The summed E-state index contributed by atoms with van der Waals surface area (Å²) in [4.78, 5) is 0. The summed E-state index contributed by atoms with van der Waals surface area (Å²) in [5, 5.41) is 0. The highest BCUT2D eigenvalue weighted by Crippen LogP contribution is 2.34. The molecule has 1 aromatic carbocycles. The summed E-state index contributed by atoms with van der Waals surface area (Å²) in [5.41, 5.74) is 7.37. The van der Waals surface area contributed by atoms with Crippen LogP contribution in [0.4, 0.5) is 0 Å². The van der Waals surface area contributed by atoms with Gasteiger partial charge in [-0.1, -0.05) is 29.8 Å². The molecule has 3 heteroatoms. The highest BCUT2D eigenvalue weighted by molar-refractivity contribution is 9.10. The van der Waals surface area contributed by atoms with Gasteiger partial charge in [-0.3, -0.25) is 0 Å². The normalized spacial score (nSPS) is 11.6. The van der Waals surface area contributed by atoms with Crippen molar-refractivity contribution in [3.05, 3.63) is 28.2 Å². The van der Waals surface area contributed by atoms with Crippen molar-refractivity contribution in [1.29, 1.82) is 0 Å². The van der Waals surface area contributed by atoms with E-state index in [1.165, 1.54) is 5.56 Å². The van der Waals surface area contributed by atoms with E-state index in [9.17, 15) is 0 Å². The molecule has 0 fully saturated rings. The standard InChI is InChI=1S/C14H22BrNO/c1-4-14(5-2,10-16)9-11-8-12(15)6-7-13(11)17-3/h6-8H,4-5,9-10,16H2,1-3H3. The van der Waals surface area contributed by atoms with Crippen LogP contribution in [0, 0.1) is 5.41 Å². The number of hydrogen-bond acceptors (Lipinski definition) is 2. The zero-order valence-electron chi connectivity index (χ0n) is 10.9. The Balaban J connectivity index is 3.03. The van der Waals surface area contributed by atoms with Crippen LogP contribution in [-0.4, -0.2) is 13.7 Å². The minimum Gasteiger partial charge on any atom is -0.496 e. The van der Waals surface area contributed by atoms with E-state index in [-0.39, 0.29) is 5.41 Å². The van der Waals surface area contributed by atoms with Gasteiger partial charge in [0, 0.05) is 4.47 Å². The van der Waals surface area contributed by atoms with Crippen LogP contribution in [0.5, 0.6) is 5.75 Å². The van der Waals surface area contributed by atoms with E-state index in [1.807, 2.05) is 12.1 Å². The van der Waals surface area contributed by atoms with E-state index in [4.69, 9.17) is 10.5 Å². The van der Waals surface area contributed by atoms with Crippen molar-refractivity contribution < 1.29 is 4.74 Å². The van der Waals surface area contributed by atoms with Crippen molar-refractivity contribution in [2.75, 3.05) is 13.7 Å². The molecule has 0 atom stereocenters. The predicted molar refractivity (Wildman–Crippen MR) is 76.5 cm³/mol. The van der Waals surface area contributed by atoms with Gasteiger partial charge in [-0.05, 0) is 55.0 Å². The first-order valence-corrected chi connectivity index (χ1v) is 6.92. The minimum absolute atomic E-state index is 0.189. The van der Waals surface area contributed by atoms with Crippen LogP contribution in [0.3, 0.4) is 0 Å². The molecule has 1 rings (SSSR count). The molecule has 17 heavy (non-hydrogen) atoms. The molecule has 0 saturated heterocycles. The molecule has 1 aromatic rings. The van der Waals surface area contributed by atoms with E-state index >= 15 is 0 Å². The van der Waals surface area contributed by atoms with Crippen LogP contribution in [0.1, 0.15) is 32.3 Å². The Hall–Kier alpha value is -0.540. The fourth-order valence-electron chi connectivity index (χ4n) is 2.15. The highest BCUT2D eigenvalue weighted by atomic mass is 79.9. The van der Waals surface area contributed by atoms with Gasteiger partial charge in [0.15, 0.2) is 0 Å². The number of methoxy groups -OCH3 is 1. The lowest BCUT2D eigenvalue weighted by Gasteiger charge is -2.30. The van der Waals surface area contributed by atoms with Crippen LogP contribution in [-0.2, 0) is 6.42 Å². The maximum atomic E-state index is 5.95. The molecule has 0 aromatic heterocycles. The summed E-state index contributed by atoms with van der Waals surface area (Å²) in [7, 11) is 1.72. The van der Waals surface area contributed by atoms with Gasteiger partial charge < -0.3 is 10.5 Å². The summed E-state index contributed by atoms with van der Waals surface area (Å²) in [5.74, 6) is 0.952. The van der Waals surface area contributed by atoms with Crippen LogP contribution in [0.25, 0.3) is 0 Å². The first-order chi connectivity index (χ1) is 8.10. The molecule has 0 heterocycles. The number of ether oxygens (including phenoxy) is 1. The van der Waals surface area contributed by atoms with Gasteiger partial charge >= 0.3 is 0 Å². The molecule has 0 radical (unpaired) electrons. The SMILES string of the molecule is CCC(CC)(CN)Cc1cc(Br)ccc1OC. The molecule has 0 aliphatic heterocycles. The molecule has 0 spiro atoms. The van der Waals surface area contributed by atoms with Crippen molar-refractivity contribution in [2.45, 2.75) is 33.1 Å². The Kier molecular flexibility index (Phi) is 5.47. The quantitative estimate of drug-likeness (QED) is 0.868. The van der Waals surface area contributed by atoms with E-state index in [0.29, 0.717) is 0 Å². The Morgan fingerprint density at radius 3 is 2.41 bits per heavy atom. The summed E-state index contributed by atoms with van der Waals surface area (Å²) < 4.78 is 6.51. The maximum absolute atomic E-state index is 5.95. The van der Waals surface area contributed by atoms with E-state index in [1.54, 1.807) is 7.11 Å². The molecule has 0 aliphatic rings. The fraction of sp³-hybridized carbons (Fsp3) is 0.571. The number of halogens is 1. The molecule has 0 bridgehead atoms. The maximum Gasteiger partial charge on any atom is 0.122 e. The van der Waals surface area contributed by atoms with Crippen molar-refractivity contribution in [2.24, 2.45) is 11.1 Å². The average Bonchev–Trinajstić information content (AvgIpc) is 2.36. The van der Waals surface area contributed by atoms with Crippen LogP contribution in [0.2, 0.25) is 0 Å². The van der Waals surface area contributed by atoms with E-state index in [2.05, 4.69) is 35.8 Å². The van der Waals surface area contributed by atoms with Gasteiger partial charge in [0.1, 0.15) is 5.75 Å². The Labute approximate surface area is 113 Å². The highest BCUT2D eigenvalue weighted by Gasteiger charge is 2.26. The van der Waals surface area contributed by atoms with Gasteiger partial charge in [-0.15, -0.1) is 0 Å². The molecular weight excluding hydrogens is 278 g/mol. The Morgan fingerprint density at radius 1 is 1.29 bits per heavy atom. The molecule has 0 amide bonds. The molecule has 96 valence electrons. The largest absolute Gasteiger partial charge is 0.496 e. The van der Waals surface area contributed by atoms with Gasteiger partial charge in [0.05, 0.1) is 7.11 Å². The van der Waals surface area contributed by atoms with Gasteiger partial charge in [0.25, 0.3) is 0 Å². The molecule has 0 saturated carbocycles. The lowest BCUT2D eigenvalue weighted by molar-refractivity contribution is 0.267. The molecule has 2 N–H and O–H groups in total. The molecular formula is C14H22BrNO. The van der Waals surface area contributed by atoms with E-state index < -0.39 is 0 Å². The predicted octanol–water partition coefficient (Wildman–Crippen LogP) is 3.77. The second-order valence-corrected chi connectivity index (χ2v) is 5.46. The summed E-state index contributed by atoms with van der Waals surface area (Å²) in [6.07, 6.45) is 3.16. The fourth-order valence-corrected chi connectivity index (χ4v) is 2.56. The third kappa shape index (κ3) is 3.46. The van der Waals surface area contributed by atoms with Crippen molar-refractivity contribution in [3.8, 4) is 5.75 Å². The second-order valence-electron chi connectivity index (χ2n) is 4.54. The third-order valence-electron chi connectivity index (χ3n) is 3.74.